The minimum atomic E-state index is -0.168. The first-order chi connectivity index (χ1) is 12.7. The van der Waals surface area contributed by atoms with Gasteiger partial charge in [0.2, 0.25) is 11.8 Å². The van der Waals surface area contributed by atoms with E-state index >= 15 is 0 Å². The molecule has 1 heterocycles. The van der Waals surface area contributed by atoms with Crippen molar-refractivity contribution in [3.8, 4) is 5.75 Å². The molecule has 142 valence electrons. The van der Waals surface area contributed by atoms with Crippen LogP contribution in [0.5, 0.6) is 5.75 Å². The molecule has 1 saturated carbocycles. The zero-order valence-electron chi connectivity index (χ0n) is 15.4. The molecule has 0 aromatic heterocycles. The SMILES string of the molecule is COCC(=O)N[C@@H]1C[C@H](COc2ccccc2)C[C@H]1C(=O)N1CCCC1. The highest BCUT2D eigenvalue weighted by molar-refractivity contribution is 5.82. The highest BCUT2D eigenvalue weighted by Crippen LogP contribution is 2.34. The van der Waals surface area contributed by atoms with Crippen LogP contribution in [0.4, 0.5) is 0 Å². The molecule has 1 aliphatic carbocycles. The monoisotopic (exact) mass is 360 g/mol. The van der Waals surface area contributed by atoms with Gasteiger partial charge in [0.1, 0.15) is 12.4 Å². The Kier molecular flexibility index (Phi) is 6.50. The smallest absolute Gasteiger partial charge is 0.246 e. The van der Waals surface area contributed by atoms with E-state index in [0.29, 0.717) is 6.61 Å². The maximum atomic E-state index is 12.9. The molecule has 0 bridgehead atoms. The van der Waals surface area contributed by atoms with Gasteiger partial charge in [0.25, 0.3) is 0 Å². The van der Waals surface area contributed by atoms with Crippen molar-refractivity contribution in [2.24, 2.45) is 11.8 Å². The fourth-order valence-electron chi connectivity index (χ4n) is 3.99. The van der Waals surface area contributed by atoms with Crippen LogP contribution in [0.1, 0.15) is 25.7 Å². The Morgan fingerprint density at radius 1 is 1.15 bits per heavy atom. The standard InChI is InChI=1S/C20H28N2O4/c1-25-14-19(23)21-18-12-15(13-26-16-7-3-2-4-8-16)11-17(18)20(24)22-9-5-6-10-22/h2-4,7-8,15,17-18H,5-6,9-14H2,1H3,(H,21,23)/t15-,17-,18-/m1/s1. The van der Waals surface area contributed by atoms with E-state index in [2.05, 4.69) is 5.32 Å². The predicted molar refractivity (Wildman–Crippen MR) is 97.8 cm³/mol. The number of amides is 2. The third kappa shape index (κ3) is 4.75. The van der Waals surface area contributed by atoms with Crippen LogP contribution >= 0.6 is 0 Å². The molecule has 0 spiro atoms. The molecule has 1 saturated heterocycles. The molecule has 3 rings (SSSR count). The van der Waals surface area contributed by atoms with Crippen LogP contribution in [0.3, 0.4) is 0 Å². The van der Waals surface area contributed by atoms with Crippen molar-refractivity contribution in [3.63, 3.8) is 0 Å². The van der Waals surface area contributed by atoms with Crippen molar-refractivity contribution in [2.75, 3.05) is 33.4 Å². The van der Waals surface area contributed by atoms with Gasteiger partial charge in [-0.05, 0) is 43.7 Å². The number of ether oxygens (including phenoxy) is 2. The van der Waals surface area contributed by atoms with Crippen molar-refractivity contribution in [1.82, 2.24) is 10.2 Å². The zero-order chi connectivity index (χ0) is 18.4. The summed E-state index contributed by atoms with van der Waals surface area (Å²) in [6.45, 7) is 2.25. The first kappa shape index (κ1) is 18.7. The Balaban J connectivity index is 1.61. The van der Waals surface area contributed by atoms with Crippen molar-refractivity contribution in [2.45, 2.75) is 31.7 Å². The second-order valence-corrected chi connectivity index (χ2v) is 7.21. The van der Waals surface area contributed by atoms with Gasteiger partial charge in [0, 0.05) is 26.2 Å². The Morgan fingerprint density at radius 2 is 1.88 bits per heavy atom. The number of benzene rings is 1. The maximum Gasteiger partial charge on any atom is 0.246 e. The first-order valence-corrected chi connectivity index (χ1v) is 9.42. The number of carbonyl (C=O) groups excluding carboxylic acids is 2. The molecule has 1 aliphatic heterocycles. The fourth-order valence-corrected chi connectivity index (χ4v) is 3.99. The van der Waals surface area contributed by atoms with Gasteiger partial charge in [-0.15, -0.1) is 0 Å². The average Bonchev–Trinajstić information content (AvgIpc) is 3.31. The average molecular weight is 360 g/mol. The number of rotatable bonds is 7. The Labute approximate surface area is 154 Å². The van der Waals surface area contributed by atoms with Gasteiger partial charge in [-0.3, -0.25) is 9.59 Å². The fraction of sp³-hybridized carbons (Fsp3) is 0.600. The van der Waals surface area contributed by atoms with Crippen LogP contribution in [0.25, 0.3) is 0 Å². The minimum absolute atomic E-state index is 0.0201. The predicted octanol–water partition coefficient (Wildman–Crippen LogP) is 1.85. The molecule has 6 nitrogen and oxygen atoms in total. The summed E-state index contributed by atoms with van der Waals surface area (Å²) in [7, 11) is 1.50. The van der Waals surface area contributed by atoms with E-state index in [1.165, 1.54) is 7.11 Å². The molecular weight excluding hydrogens is 332 g/mol. The van der Waals surface area contributed by atoms with E-state index in [1.54, 1.807) is 0 Å². The largest absolute Gasteiger partial charge is 0.493 e. The number of nitrogens with one attached hydrogen (secondary N) is 1. The number of hydrogen-bond donors (Lipinski definition) is 1. The molecule has 0 radical (unpaired) electrons. The number of likely N-dealkylation sites (tertiary alicyclic amines) is 1. The summed E-state index contributed by atoms with van der Waals surface area (Å²) in [6.07, 6.45) is 3.64. The Hall–Kier alpha value is -2.08. The van der Waals surface area contributed by atoms with E-state index < -0.39 is 0 Å². The molecule has 1 aromatic rings. The first-order valence-electron chi connectivity index (χ1n) is 9.42. The van der Waals surface area contributed by atoms with Gasteiger partial charge in [-0.25, -0.2) is 0 Å². The van der Waals surface area contributed by atoms with Crippen LogP contribution in [0.15, 0.2) is 30.3 Å². The maximum absolute atomic E-state index is 12.9. The summed E-state index contributed by atoms with van der Waals surface area (Å²) in [5.74, 6) is 0.924. The highest BCUT2D eigenvalue weighted by Gasteiger charge is 2.41. The number of hydrogen-bond acceptors (Lipinski definition) is 4. The second kappa shape index (κ2) is 9.03. The molecule has 1 aromatic carbocycles. The van der Waals surface area contributed by atoms with Crippen LogP contribution < -0.4 is 10.1 Å². The lowest BCUT2D eigenvalue weighted by molar-refractivity contribution is -0.135. The molecular formula is C20H28N2O4. The molecule has 2 amide bonds. The van der Waals surface area contributed by atoms with Crippen LogP contribution in [0.2, 0.25) is 0 Å². The third-order valence-corrected chi connectivity index (χ3v) is 5.25. The summed E-state index contributed by atoms with van der Waals surface area (Å²) < 4.78 is 10.8. The summed E-state index contributed by atoms with van der Waals surface area (Å²) in [5.41, 5.74) is 0. The quantitative estimate of drug-likeness (QED) is 0.806. The van der Waals surface area contributed by atoms with Crippen molar-refractivity contribution in [1.29, 1.82) is 0 Å². The van der Waals surface area contributed by atoms with Gasteiger partial charge in [0.05, 0.1) is 12.5 Å². The van der Waals surface area contributed by atoms with E-state index in [9.17, 15) is 9.59 Å². The van der Waals surface area contributed by atoms with E-state index in [-0.39, 0.29) is 36.3 Å². The lowest BCUT2D eigenvalue weighted by Crippen LogP contribution is -2.45. The normalized spacial score (nSPS) is 25.3. The van der Waals surface area contributed by atoms with Gasteiger partial charge in [0.15, 0.2) is 0 Å². The Bertz CT molecular complexity index is 601. The molecule has 26 heavy (non-hydrogen) atoms. The molecule has 6 heteroatoms. The molecule has 0 unspecified atom stereocenters. The Morgan fingerprint density at radius 3 is 2.58 bits per heavy atom. The minimum Gasteiger partial charge on any atom is -0.493 e. The number of methoxy groups -OCH3 is 1. The number of para-hydroxylation sites is 1. The summed E-state index contributed by atoms with van der Waals surface area (Å²) in [6, 6.07) is 9.55. The van der Waals surface area contributed by atoms with E-state index in [0.717, 1.165) is 44.5 Å². The lowest BCUT2D eigenvalue weighted by Gasteiger charge is -2.25. The van der Waals surface area contributed by atoms with Crippen LogP contribution in [0, 0.1) is 11.8 Å². The molecule has 1 N–H and O–H groups in total. The lowest BCUT2D eigenvalue weighted by atomic mass is 10.0. The van der Waals surface area contributed by atoms with Crippen molar-refractivity contribution < 1.29 is 19.1 Å². The van der Waals surface area contributed by atoms with Gasteiger partial charge >= 0.3 is 0 Å². The van der Waals surface area contributed by atoms with Crippen LogP contribution in [-0.2, 0) is 14.3 Å². The summed E-state index contributed by atoms with van der Waals surface area (Å²) in [4.78, 5) is 26.8. The highest BCUT2D eigenvalue weighted by atomic mass is 16.5. The second-order valence-electron chi connectivity index (χ2n) is 7.21. The van der Waals surface area contributed by atoms with E-state index in [1.807, 2.05) is 35.2 Å². The topological polar surface area (TPSA) is 67.9 Å². The van der Waals surface area contributed by atoms with E-state index in [4.69, 9.17) is 9.47 Å². The van der Waals surface area contributed by atoms with Crippen molar-refractivity contribution >= 4 is 11.8 Å². The molecule has 3 atom stereocenters. The summed E-state index contributed by atoms with van der Waals surface area (Å²) in [5, 5.41) is 3.00. The number of carbonyl (C=O) groups is 2. The molecule has 2 fully saturated rings. The molecule has 2 aliphatic rings. The summed E-state index contributed by atoms with van der Waals surface area (Å²) >= 11 is 0. The van der Waals surface area contributed by atoms with Crippen molar-refractivity contribution in [3.05, 3.63) is 30.3 Å². The van der Waals surface area contributed by atoms with Gasteiger partial charge < -0.3 is 19.7 Å². The third-order valence-electron chi connectivity index (χ3n) is 5.25. The zero-order valence-corrected chi connectivity index (χ0v) is 15.4. The van der Waals surface area contributed by atoms with Crippen LogP contribution in [-0.4, -0.2) is 56.2 Å². The number of nitrogens with zero attached hydrogens (tertiary/aromatic N) is 1. The van der Waals surface area contributed by atoms with Gasteiger partial charge in [-0.2, -0.15) is 0 Å². The van der Waals surface area contributed by atoms with Gasteiger partial charge in [-0.1, -0.05) is 18.2 Å².